The predicted molar refractivity (Wildman–Crippen MR) is 102 cm³/mol. The number of anilines is 2. The van der Waals surface area contributed by atoms with Crippen molar-refractivity contribution in [2.24, 2.45) is 0 Å². The highest BCUT2D eigenvalue weighted by atomic mass is 15.3. The molecule has 0 unspecified atom stereocenters. The molecule has 128 valence electrons. The highest BCUT2D eigenvalue weighted by molar-refractivity contribution is 5.37. The van der Waals surface area contributed by atoms with Gasteiger partial charge in [-0.15, -0.1) is 5.10 Å². The predicted octanol–water partition coefficient (Wildman–Crippen LogP) is 3.84. The molecule has 0 radical (unpaired) electrons. The van der Waals surface area contributed by atoms with Crippen molar-refractivity contribution in [2.45, 2.75) is 26.3 Å². The normalized spacial score (nSPS) is 10.4. The maximum absolute atomic E-state index is 4.45. The lowest BCUT2D eigenvalue weighted by atomic mass is 10.1. The van der Waals surface area contributed by atoms with E-state index in [1.165, 1.54) is 16.7 Å². The van der Waals surface area contributed by atoms with Crippen molar-refractivity contribution in [2.75, 3.05) is 17.2 Å². The Labute approximate surface area is 148 Å². The van der Waals surface area contributed by atoms with E-state index in [0.717, 1.165) is 25.2 Å². The molecule has 1 heterocycles. The summed E-state index contributed by atoms with van der Waals surface area (Å²) in [5.74, 6) is 1.28. The van der Waals surface area contributed by atoms with Crippen LogP contribution < -0.4 is 10.6 Å². The molecule has 0 spiro atoms. The van der Waals surface area contributed by atoms with Crippen LogP contribution in [-0.2, 0) is 13.0 Å². The summed E-state index contributed by atoms with van der Waals surface area (Å²) in [5.41, 5.74) is 3.80. The van der Waals surface area contributed by atoms with E-state index < -0.39 is 0 Å². The fraction of sp³-hybridized carbons (Fsp3) is 0.250. The number of nitrogens with one attached hydrogen (secondary N) is 2. The highest BCUT2D eigenvalue weighted by Gasteiger charge is 2.01. The van der Waals surface area contributed by atoms with Crippen LogP contribution in [0.3, 0.4) is 0 Å². The Morgan fingerprint density at radius 2 is 1.68 bits per heavy atom. The van der Waals surface area contributed by atoms with Crippen LogP contribution in [-0.4, -0.2) is 21.7 Å². The number of hydrogen-bond donors (Lipinski definition) is 2. The van der Waals surface area contributed by atoms with Crippen LogP contribution in [0.2, 0.25) is 0 Å². The van der Waals surface area contributed by atoms with Gasteiger partial charge in [0.1, 0.15) is 5.82 Å². The molecule has 0 saturated heterocycles. The molecule has 3 rings (SSSR count). The van der Waals surface area contributed by atoms with Crippen molar-refractivity contribution in [1.82, 2.24) is 15.2 Å². The lowest BCUT2D eigenvalue weighted by Gasteiger charge is -2.08. The summed E-state index contributed by atoms with van der Waals surface area (Å²) in [6, 6.07) is 18.9. The monoisotopic (exact) mass is 333 g/mol. The number of rotatable bonds is 8. The van der Waals surface area contributed by atoms with E-state index in [4.69, 9.17) is 0 Å². The standard InChI is InChI=1S/C20H23N5/c1-16-9-11-18(12-10-16)14-22-20-24-19(15-23-25-20)21-13-5-8-17-6-3-2-4-7-17/h2-4,6-7,9-12,15H,5,8,13-14H2,1H3,(H2,21,22,24,25). The van der Waals surface area contributed by atoms with E-state index in [2.05, 4.69) is 81.3 Å². The summed E-state index contributed by atoms with van der Waals surface area (Å²) in [6.07, 6.45) is 3.74. The van der Waals surface area contributed by atoms with Crippen LogP contribution in [0.15, 0.2) is 60.8 Å². The van der Waals surface area contributed by atoms with Gasteiger partial charge in [0.25, 0.3) is 0 Å². The Kier molecular flexibility index (Phi) is 5.93. The zero-order valence-electron chi connectivity index (χ0n) is 14.4. The van der Waals surface area contributed by atoms with Gasteiger partial charge in [0.05, 0.1) is 6.20 Å². The second kappa shape index (κ2) is 8.78. The van der Waals surface area contributed by atoms with E-state index in [1.54, 1.807) is 6.20 Å². The molecule has 1 aromatic heterocycles. The average Bonchev–Trinajstić information content (AvgIpc) is 2.66. The molecular formula is C20H23N5. The molecule has 0 aliphatic carbocycles. The molecule has 25 heavy (non-hydrogen) atoms. The molecule has 0 saturated carbocycles. The number of hydrogen-bond acceptors (Lipinski definition) is 5. The third-order valence-corrected chi connectivity index (χ3v) is 3.92. The zero-order valence-corrected chi connectivity index (χ0v) is 14.4. The van der Waals surface area contributed by atoms with Crippen LogP contribution in [0.5, 0.6) is 0 Å². The fourth-order valence-corrected chi connectivity index (χ4v) is 2.50. The van der Waals surface area contributed by atoms with Gasteiger partial charge in [-0.25, -0.2) is 0 Å². The number of aryl methyl sites for hydroxylation is 2. The molecular weight excluding hydrogens is 310 g/mol. The number of benzene rings is 2. The first-order chi connectivity index (χ1) is 12.3. The van der Waals surface area contributed by atoms with E-state index in [0.29, 0.717) is 12.5 Å². The molecule has 0 atom stereocenters. The van der Waals surface area contributed by atoms with Gasteiger partial charge in [-0.3, -0.25) is 0 Å². The molecule has 0 amide bonds. The summed E-state index contributed by atoms with van der Waals surface area (Å²) in [6.45, 7) is 3.61. The van der Waals surface area contributed by atoms with E-state index >= 15 is 0 Å². The summed E-state index contributed by atoms with van der Waals surface area (Å²) < 4.78 is 0. The highest BCUT2D eigenvalue weighted by Crippen LogP contribution is 2.08. The molecule has 5 heteroatoms. The molecule has 0 bridgehead atoms. The molecule has 2 aromatic carbocycles. The van der Waals surface area contributed by atoms with Crippen molar-refractivity contribution in [3.63, 3.8) is 0 Å². The molecule has 2 N–H and O–H groups in total. The zero-order chi connectivity index (χ0) is 17.3. The van der Waals surface area contributed by atoms with E-state index in [1.807, 2.05) is 6.07 Å². The first kappa shape index (κ1) is 16.9. The van der Waals surface area contributed by atoms with Crippen molar-refractivity contribution < 1.29 is 0 Å². The van der Waals surface area contributed by atoms with Gasteiger partial charge in [0.2, 0.25) is 5.95 Å². The Balaban J connectivity index is 1.45. The largest absolute Gasteiger partial charge is 0.369 e. The van der Waals surface area contributed by atoms with Gasteiger partial charge >= 0.3 is 0 Å². The minimum absolute atomic E-state index is 0.536. The number of aromatic nitrogens is 3. The topological polar surface area (TPSA) is 62.7 Å². The van der Waals surface area contributed by atoms with Crippen LogP contribution >= 0.6 is 0 Å². The van der Waals surface area contributed by atoms with Crippen molar-refractivity contribution in [1.29, 1.82) is 0 Å². The van der Waals surface area contributed by atoms with Gasteiger partial charge in [-0.1, -0.05) is 60.2 Å². The Hall–Kier alpha value is -2.95. The van der Waals surface area contributed by atoms with Gasteiger partial charge in [-0.05, 0) is 30.9 Å². The quantitative estimate of drug-likeness (QED) is 0.613. The first-order valence-electron chi connectivity index (χ1n) is 8.56. The second-order valence-electron chi connectivity index (χ2n) is 6.02. The Bertz CT molecular complexity index is 772. The fourth-order valence-electron chi connectivity index (χ4n) is 2.50. The molecule has 0 aliphatic rings. The third kappa shape index (κ3) is 5.57. The summed E-state index contributed by atoms with van der Waals surface area (Å²) >= 11 is 0. The van der Waals surface area contributed by atoms with Crippen LogP contribution in [0.4, 0.5) is 11.8 Å². The van der Waals surface area contributed by atoms with Gasteiger partial charge in [0.15, 0.2) is 0 Å². The summed E-state index contributed by atoms with van der Waals surface area (Å²) in [7, 11) is 0. The Morgan fingerprint density at radius 3 is 2.48 bits per heavy atom. The molecule has 5 nitrogen and oxygen atoms in total. The Morgan fingerprint density at radius 1 is 0.880 bits per heavy atom. The molecule has 0 aliphatic heterocycles. The summed E-state index contributed by atoms with van der Waals surface area (Å²) in [4.78, 5) is 4.45. The lowest BCUT2D eigenvalue weighted by molar-refractivity contribution is 0.851. The maximum Gasteiger partial charge on any atom is 0.244 e. The number of nitrogens with zero attached hydrogens (tertiary/aromatic N) is 3. The van der Waals surface area contributed by atoms with Crippen LogP contribution in [0, 0.1) is 6.92 Å². The van der Waals surface area contributed by atoms with Crippen LogP contribution in [0.1, 0.15) is 23.1 Å². The third-order valence-electron chi connectivity index (χ3n) is 3.92. The lowest BCUT2D eigenvalue weighted by Crippen LogP contribution is -2.09. The smallest absolute Gasteiger partial charge is 0.244 e. The van der Waals surface area contributed by atoms with Gasteiger partial charge in [-0.2, -0.15) is 10.1 Å². The summed E-state index contributed by atoms with van der Waals surface area (Å²) in [5, 5.41) is 14.6. The van der Waals surface area contributed by atoms with Crippen molar-refractivity contribution in [3.8, 4) is 0 Å². The molecule has 3 aromatic rings. The van der Waals surface area contributed by atoms with E-state index in [-0.39, 0.29) is 0 Å². The second-order valence-corrected chi connectivity index (χ2v) is 6.02. The maximum atomic E-state index is 4.45. The van der Waals surface area contributed by atoms with Crippen molar-refractivity contribution in [3.05, 3.63) is 77.5 Å². The SMILES string of the molecule is Cc1ccc(CNc2nncc(NCCCc3ccccc3)n2)cc1. The van der Waals surface area contributed by atoms with Gasteiger partial charge < -0.3 is 10.6 Å². The average molecular weight is 333 g/mol. The first-order valence-corrected chi connectivity index (χ1v) is 8.56. The van der Waals surface area contributed by atoms with Crippen molar-refractivity contribution >= 4 is 11.8 Å². The van der Waals surface area contributed by atoms with Gasteiger partial charge in [0, 0.05) is 13.1 Å². The van der Waals surface area contributed by atoms with E-state index in [9.17, 15) is 0 Å². The van der Waals surface area contributed by atoms with Crippen LogP contribution in [0.25, 0.3) is 0 Å². The minimum Gasteiger partial charge on any atom is -0.369 e. The molecule has 0 fully saturated rings. The minimum atomic E-state index is 0.536.